The number of para-hydroxylation sites is 3. The van der Waals surface area contributed by atoms with E-state index >= 15 is 0 Å². The molecule has 7 aromatic rings. The maximum absolute atomic E-state index is 13.4. The van der Waals surface area contributed by atoms with Crippen molar-refractivity contribution in [3.63, 3.8) is 0 Å². The maximum atomic E-state index is 13.4. The van der Waals surface area contributed by atoms with Crippen LogP contribution in [0.5, 0.6) is 5.75 Å². The molecule has 0 saturated heterocycles. The highest BCUT2D eigenvalue weighted by Crippen LogP contribution is 2.27. The molecule has 0 N–H and O–H groups in total. The molecule has 3 aromatic heterocycles. The number of hydrogen-bond acceptors (Lipinski definition) is 5. The van der Waals surface area contributed by atoms with Gasteiger partial charge in [0.05, 0.1) is 21.3 Å². The third kappa shape index (κ3) is 4.55. The van der Waals surface area contributed by atoms with E-state index in [1.807, 2.05) is 120 Å². The Bertz CT molecular complexity index is 2080. The minimum Gasteiger partial charge on any atom is -0.489 e. The lowest BCUT2D eigenvalue weighted by Gasteiger charge is -2.07. The first-order chi connectivity index (χ1) is 19.6. The van der Waals surface area contributed by atoms with Crippen molar-refractivity contribution in [1.82, 2.24) is 19.2 Å². The fourth-order valence-electron chi connectivity index (χ4n) is 4.64. The summed E-state index contributed by atoms with van der Waals surface area (Å²) in [5.41, 5.74) is 6.03. The number of rotatable bonds is 6. The Morgan fingerprint density at radius 1 is 0.875 bits per heavy atom. The highest BCUT2D eigenvalue weighted by Gasteiger charge is 2.14. The molecular weight excluding hydrogens is 540 g/mol. The van der Waals surface area contributed by atoms with E-state index in [0.717, 1.165) is 44.9 Å². The van der Waals surface area contributed by atoms with E-state index in [0.29, 0.717) is 21.1 Å². The monoisotopic (exact) mass is 560 g/mol. The normalized spacial score (nSPS) is 12.0. The smallest absolute Gasteiger partial charge is 0.274 e. The second-order valence-corrected chi connectivity index (χ2v) is 10.7. The molecule has 8 heteroatoms. The van der Waals surface area contributed by atoms with Crippen LogP contribution in [0.1, 0.15) is 11.1 Å². The molecule has 0 radical (unpaired) electrons. The van der Waals surface area contributed by atoms with Gasteiger partial charge in [-0.2, -0.15) is 5.10 Å². The number of nitrogens with zero attached hydrogens (tertiary/aromatic N) is 4. The number of aromatic nitrogens is 4. The first kappa shape index (κ1) is 24.3. The van der Waals surface area contributed by atoms with Crippen LogP contribution in [0, 0.1) is 0 Å². The van der Waals surface area contributed by atoms with Crippen LogP contribution in [-0.2, 0) is 6.61 Å². The fraction of sp³-hybridized carbons (Fsp3) is 0.0312. The first-order valence-electron chi connectivity index (χ1n) is 12.7. The van der Waals surface area contributed by atoms with Gasteiger partial charge >= 0.3 is 0 Å². The summed E-state index contributed by atoms with van der Waals surface area (Å²) >= 11 is 7.36. The van der Waals surface area contributed by atoms with Crippen LogP contribution in [0.4, 0.5) is 0 Å². The largest absolute Gasteiger partial charge is 0.489 e. The average Bonchev–Trinajstić information content (AvgIpc) is 3.66. The van der Waals surface area contributed by atoms with E-state index in [1.165, 1.54) is 11.3 Å². The summed E-state index contributed by atoms with van der Waals surface area (Å²) in [5, 5.41) is 5.61. The van der Waals surface area contributed by atoms with Gasteiger partial charge in [0.15, 0.2) is 4.96 Å². The van der Waals surface area contributed by atoms with Crippen LogP contribution in [0.25, 0.3) is 39.0 Å². The number of ether oxygens (including phenoxy) is 1. The SMILES string of the molecule is O=c1/c(=C/c2cn(-c3ccccc3)nc2-c2ccc(OCc3ccc(Cl)cc3)cc2)sc2nc3ccccc3n12. The third-order valence-electron chi connectivity index (χ3n) is 6.64. The highest BCUT2D eigenvalue weighted by molar-refractivity contribution is 7.15. The summed E-state index contributed by atoms with van der Waals surface area (Å²) in [6.07, 6.45) is 3.86. The lowest BCUT2D eigenvalue weighted by Crippen LogP contribution is -2.22. The van der Waals surface area contributed by atoms with Gasteiger partial charge in [-0.25, -0.2) is 14.1 Å². The van der Waals surface area contributed by atoms with Crippen molar-refractivity contribution in [2.45, 2.75) is 6.61 Å². The van der Waals surface area contributed by atoms with E-state index in [9.17, 15) is 4.79 Å². The van der Waals surface area contributed by atoms with Crippen LogP contribution >= 0.6 is 22.9 Å². The van der Waals surface area contributed by atoms with Crippen LogP contribution in [-0.4, -0.2) is 19.2 Å². The van der Waals surface area contributed by atoms with Crippen molar-refractivity contribution in [1.29, 1.82) is 0 Å². The van der Waals surface area contributed by atoms with Gasteiger partial charge < -0.3 is 4.74 Å². The molecule has 0 unspecified atom stereocenters. The van der Waals surface area contributed by atoms with Gasteiger partial charge in [-0.1, -0.05) is 65.4 Å². The minimum atomic E-state index is -0.0851. The molecular formula is C32H21ClN4O2S. The summed E-state index contributed by atoms with van der Waals surface area (Å²) in [6.45, 7) is 0.444. The summed E-state index contributed by atoms with van der Waals surface area (Å²) in [6, 6.07) is 33.0. The predicted molar refractivity (Wildman–Crippen MR) is 160 cm³/mol. The molecule has 40 heavy (non-hydrogen) atoms. The lowest BCUT2D eigenvalue weighted by atomic mass is 10.1. The number of fused-ring (bicyclic) bond motifs is 3. The maximum Gasteiger partial charge on any atom is 0.274 e. The topological polar surface area (TPSA) is 61.4 Å². The number of hydrogen-bond donors (Lipinski definition) is 0. The van der Waals surface area contributed by atoms with Gasteiger partial charge in [-0.05, 0) is 72.3 Å². The fourth-order valence-corrected chi connectivity index (χ4v) is 5.74. The molecule has 0 aliphatic carbocycles. The summed E-state index contributed by atoms with van der Waals surface area (Å²) < 4.78 is 10.1. The van der Waals surface area contributed by atoms with Crippen molar-refractivity contribution in [2.75, 3.05) is 0 Å². The second kappa shape index (κ2) is 10.1. The molecule has 3 heterocycles. The Balaban J connectivity index is 1.27. The van der Waals surface area contributed by atoms with Crippen LogP contribution in [0.3, 0.4) is 0 Å². The molecule has 7 rings (SSSR count). The number of imidazole rings is 1. The standard InChI is InChI=1S/C32H21ClN4O2S/c33-24-14-10-21(11-15-24)20-39-26-16-12-22(13-17-26)30-23(19-36(35-30)25-6-2-1-3-7-25)18-29-31(38)37-28-9-5-4-8-27(28)34-32(37)40-29/h1-19H,20H2/b29-18-. The first-order valence-corrected chi connectivity index (χ1v) is 13.9. The van der Waals surface area contributed by atoms with Crippen molar-refractivity contribution in [3.05, 3.63) is 140 Å². The quantitative estimate of drug-likeness (QED) is 0.232. The van der Waals surface area contributed by atoms with E-state index in [2.05, 4.69) is 4.98 Å². The third-order valence-corrected chi connectivity index (χ3v) is 7.86. The summed E-state index contributed by atoms with van der Waals surface area (Å²) in [5.74, 6) is 0.750. The van der Waals surface area contributed by atoms with Gasteiger partial charge in [0, 0.05) is 22.3 Å². The molecule has 0 saturated carbocycles. The highest BCUT2D eigenvalue weighted by atomic mass is 35.5. The lowest BCUT2D eigenvalue weighted by molar-refractivity contribution is 0.306. The van der Waals surface area contributed by atoms with Gasteiger partial charge in [-0.3, -0.25) is 4.79 Å². The summed E-state index contributed by atoms with van der Waals surface area (Å²) in [4.78, 5) is 18.8. The van der Waals surface area contributed by atoms with Gasteiger partial charge in [-0.15, -0.1) is 0 Å². The van der Waals surface area contributed by atoms with E-state index in [1.54, 1.807) is 4.40 Å². The van der Waals surface area contributed by atoms with Crippen molar-refractivity contribution >= 4 is 45.0 Å². The molecule has 0 spiro atoms. The zero-order chi connectivity index (χ0) is 27.1. The Kier molecular flexibility index (Phi) is 6.15. The average molecular weight is 561 g/mol. The van der Waals surface area contributed by atoms with E-state index in [-0.39, 0.29) is 5.56 Å². The van der Waals surface area contributed by atoms with Gasteiger partial charge in [0.1, 0.15) is 18.1 Å². The molecule has 6 nitrogen and oxygen atoms in total. The molecule has 0 amide bonds. The molecule has 0 fully saturated rings. The number of halogens is 1. The van der Waals surface area contributed by atoms with Crippen molar-refractivity contribution < 1.29 is 4.74 Å². The van der Waals surface area contributed by atoms with Crippen molar-refractivity contribution in [3.8, 4) is 22.7 Å². The summed E-state index contributed by atoms with van der Waals surface area (Å²) in [7, 11) is 0. The number of benzene rings is 4. The zero-order valence-electron chi connectivity index (χ0n) is 21.1. The Labute approximate surface area is 238 Å². The van der Waals surface area contributed by atoms with Crippen LogP contribution < -0.4 is 14.8 Å². The molecule has 0 aliphatic heterocycles. The molecule has 0 atom stereocenters. The molecule has 0 bridgehead atoms. The zero-order valence-corrected chi connectivity index (χ0v) is 22.6. The van der Waals surface area contributed by atoms with E-state index < -0.39 is 0 Å². The molecule has 0 aliphatic rings. The van der Waals surface area contributed by atoms with Crippen LogP contribution in [0.15, 0.2) is 114 Å². The van der Waals surface area contributed by atoms with Crippen molar-refractivity contribution in [2.24, 2.45) is 0 Å². The van der Waals surface area contributed by atoms with Gasteiger partial charge in [0.2, 0.25) is 0 Å². The Hall–Kier alpha value is -4.72. The van der Waals surface area contributed by atoms with Crippen LogP contribution in [0.2, 0.25) is 5.02 Å². The molecule has 4 aromatic carbocycles. The molecule has 194 valence electrons. The number of thiazole rings is 1. The second-order valence-electron chi connectivity index (χ2n) is 9.29. The van der Waals surface area contributed by atoms with E-state index in [4.69, 9.17) is 21.4 Å². The Morgan fingerprint density at radius 3 is 2.42 bits per heavy atom. The minimum absolute atomic E-state index is 0.0851. The van der Waals surface area contributed by atoms with Gasteiger partial charge in [0.25, 0.3) is 5.56 Å². The predicted octanol–water partition coefficient (Wildman–Crippen LogP) is 6.54. The Morgan fingerprint density at radius 2 is 1.62 bits per heavy atom.